The molecule has 3 N–H and O–H groups in total. The Bertz CT molecular complexity index is 594. The standard InChI is InChI=1S/C15H15N3O2/c16-14(15(19)20)10-11-6-8-13(9-7-11)18-17-12-4-2-1-3-5-12/h1-9,14H,10,16H2,(H,19,20)/b18-17+. The van der Waals surface area contributed by atoms with Gasteiger partial charge in [-0.1, -0.05) is 30.3 Å². The fraction of sp³-hybridized carbons (Fsp3) is 0.133. The fourth-order valence-corrected chi connectivity index (χ4v) is 1.65. The Hall–Kier alpha value is -2.53. The van der Waals surface area contributed by atoms with Crippen LogP contribution in [0.1, 0.15) is 5.56 Å². The second-order valence-corrected chi connectivity index (χ2v) is 4.35. The lowest BCUT2D eigenvalue weighted by atomic mass is 10.1. The molecule has 5 nitrogen and oxygen atoms in total. The molecule has 0 spiro atoms. The number of hydrogen-bond donors (Lipinski definition) is 2. The number of azo groups is 1. The summed E-state index contributed by atoms with van der Waals surface area (Å²) in [6.07, 6.45) is 0.297. The van der Waals surface area contributed by atoms with Crippen LogP contribution >= 0.6 is 0 Å². The molecular weight excluding hydrogens is 254 g/mol. The first-order chi connectivity index (χ1) is 9.65. The van der Waals surface area contributed by atoms with Gasteiger partial charge in [-0.3, -0.25) is 4.79 Å². The second kappa shape index (κ2) is 6.58. The molecular formula is C15H15N3O2. The molecule has 1 atom stereocenters. The normalized spacial score (nSPS) is 12.4. The summed E-state index contributed by atoms with van der Waals surface area (Å²) in [5.41, 5.74) is 7.83. The zero-order valence-electron chi connectivity index (χ0n) is 10.8. The van der Waals surface area contributed by atoms with Gasteiger partial charge < -0.3 is 10.8 Å². The predicted octanol–water partition coefficient (Wildman–Crippen LogP) is 3.06. The second-order valence-electron chi connectivity index (χ2n) is 4.35. The lowest BCUT2D eigenvalue weighted by Gasteiger charge is -2.05. The van der Waals surface area contributed by atoms with Crippen molar-refractivity contribution in [1.82, 2.24) is 0 Å². The van der Waals surface area contributed by atoms with E-state index in [0.29, 0.717) is 12.1 Å². The molecule has 0 aromatic heterocycles. The van der Waals surface area contributed by atoms with Crippen LogP contribution < -0.4 is 5.73 Å². The maximum atomic E-state index is 10.7. The highest BCUT2D eigenvalue weighted by Crippen LogP contribution is 2.18. The SMILES string of the molecule is NC(Cc1ccc(/N=N/c2ccccc2)cc1)C(=O)O. The quantitative estimate of drug-likeness (QED) is 0.817. The van der Waals surface area contributed by atoms with Crippen molar-refractivity contribution in [3.05, 3.63) is 60.2 Å². The van der Waals surface area contributed by atoms with E-state index in [2.05, 4.69) is 10.2 Å². The van der Waals surface area contributed by atoms with Crippen LogP contribution in [-0.2, 0) is 11.2 Å². The van der Waals surface area contributed by atoms with E-state index in [1.165, 1.54) is 0 Å². The third kappa shape index (κ3) is 4.00. The maximum absolute atomic E-state index is 10.7. The molecule has 0 radical (unpaired) electrons. The van der Waals surface area contributed by atoms with Crippen LogP contribution in [0.3, 0.4) is 0 Å². The van der Waals surface area contributed by atoms with Crippen LogP contribution in [-0.4, -0.2) is 17.1 Å². The summed E-state index contributed by atoms with van der Waals surface area (Å²) in [5.74, 6) is -1.00. The van der Waals surface area contributed by atoms with Gasteiger partial charge in [-0.05, 0) is 36.2 Å². The van der Waals surface area contributed by atoms with E-state index in [1.807, 2.05) is 42.5 Å². The Kier molecular flexibility index (Phi) is 4.57. The minimum atomic E-state index is -1.00. The molecule has 102 valence electrons. The van der Waals surface area contributed by atoms with Crippen molar-refractivity contribution in [2.24, 2.45) is 16.0 Å². The van der Waals surface area contributed by atoms with Gasteiger partial charge in [0, 0.05) is 0 Å². The molecule has 0 fully saturated rings. The van der Waals surface area contributed by atoms with Gasteiger partial charge in [-0.25, -0.2) is 0 Å². The Morgan fingerprint density at radius 3 is 2.10 bits per heavy atom. The van der Waals surface area contributed by atoms with Crippen molar-refractivity contribution in [1.29, 1.82) is 0 Å². The van der Waals surface area contributed by atoms with E-state index >= 15 is 0 Å². The number of hydrogen-bond acceptors (Lipinski definition) is 4. The highest BCUT2D eigenvalue weighted by atomic mass is 16.4. The molecule has 0 heterocycles. The van der Waals surface area contributed by atoms with Gasteiger partial charge in [-0.15, -0.1) is 0 Å². The van der Waals surface area contributed by atoms with Gasteiger partial charge in [0.15, 0.2) is 0 Å². The number of carboxylic acid groups (broad SMARTS) is 1. The van der Waals surface area contributed by atoms with Crippen LogP contribution in [0, 0.1) is 0 Å². The number of aliphatic carboxylic acids is 1. The maximum Gasteiger partial charge on any atom is 0.320 e. The molecule has 0 aliphatic heterocycles. The summed E-state index contributed by atoms with van der Waals surface area (Å²) in [6.45, 7) is 0. The number of carbonyl (C=O) groups is 1. The van der Waals surface area contributed by atoms with E-state index in [-0.39, 0.29) is 0 Å². The first-order valence-electron chi connectivity index (χ1n) is 6.19. The van der Waals surface area contributed by atoms with E-state index < -0.39 is 12.0 Å². The number of rotatable bonds is 5. The smallest absolute Gasteiger partial charge is 0.320 e. The number of nitrogens with zero attached hydrogens (tertiary/aromatic N) is 2. The van der Waals surface area contributed by atoms with Crippen molar-refractivity contribution in [2.75, 3.05) is 0 Å². The molecule has 0 saturated heterocycles. The Morgan fingerprint density at radius 2 is 1.55 bits per heavy atom. The van der Waals surface area contributed by atoms with Crippen molar-refractivity contribution in [3.8, 4) is 0 Å². The zero-order chi connectivity index (χ0) is 14.4. The van der Waals surface area contributed by atoms with Gasteiger partial charge in [0.2, 0.25) is 0 Å². The molecule has 2 rings (SSSR count). The number of nitrogens with two attached hydrogens (primary N) is 1. The Morgan fingerprint density at radius 1 is 1.00 bits per heavy atom. The van der Waals surface area contributed by atoms with Crippen molar-refractivity contribution >= 4 is 17.3 Å². The van der Waals surface area contributed by atoms with Crippen LogP contribution in [0.4, 0.5) is 11.4 Å². The van der Waals surface area contributed by atoms with Gasteiger partial charge in [0.05, 0.1) is 11.4 Å². The third-order valence-electron chi connectivity index (χ3n) is 2.75. The third-order valence-corrected chi connectivity index (χ3v) is 2.75. The van der Waals surface area contributed by atoms with E-state index in [0.717, 1.165) is 11.3 Å². The highest BCUT2D eigenvalue weighted by Gasteiger charge is 2.11. The van der Waals surface area contributed by atoms with Gasteiger partial charge in [-0.2, -0.15) is 10.2 Å². The van der Waals surface area contributed by atoms with Crippen molar-refractivity contribution < 1.29 is 9.90 Å². The summed E-state index contributed by atoms with van der Waals surface area (Å²) in [7, 11) is 0. The summed E-state index contributed by atoms with van der Waals surface area (Å²) >= 11 is 0. The Labute approximate surface area is 116 Å². The van der Waals surface area contributed by atoms with Gasteiger partial charge in [0.1, 0.15) is 6.04 Å². The van der Waals surface area contributed by atoms with Crippen LogP contribution in [0.15, 0.2) is 64.8 Å². The largest absolute Gasteiger partial charge is 0.480 e. The molecule has 2 aromatic rings. The topological polar surface area (TPSA) is 88.0 Å². The van der Waals surface area contributed by atoms with E-state index in [4.69, 9.17) is 10.8 Å². The molecule has 20 heavy (non-hydrogen) atoms. The van der Waals surface area contributed by atoms with Gasteiger partial charge in [0.25, 0.3) is 0 Å². The molecule has 0 saturated carbocycles. The predicted molar refractivity (Wildman–Crippen MR) is 76.4 cm³/mol. The summed E-state index contributed by atoms with van der Waals surface area (Å²) in [4.78, 5) is 10.7. The Balaban J connectivity index is 2.02. The minimum Gasteiger partial charge on any atom is -0.480 e. The summed E-state index contributed by atoms with van der Waals surface area (Å²) in [6, 6.07) is 15.7. The minimum absolute atomic E-state index is 0.297. The van der Waals surface area contributed by atoms with Crippen LogP contribution in [0.5, 0.6) is 0 Å². The lowest BCUT2D eigenvalue weighted by molar-refractivity contribution is -0.138. The molecule has 5 heteroatoms. The van der Waals surface area contributed by atoms with Crippen LogP contribution in [0.25, 0.3) is 0 Å². The van der Waals surface area contributed by atoms with E-state index in [9.17, 15) is 4.79 Å². The molecule has 0 aliphatic rings. The molecule has 2 aromatic carbocycles. The van der Waals surface area contributed by atoms with Crippen molar-refractivity contribution in [3.63, 3.8) is 0 Å². The average Bonchev–Trinajstić information content (AvgIpc) is 2.47. The summed E-state index contributed by atoms with van der Waals surface area (Å²) in [5, 5.41) is 17.0. The highest BCUT2D eigenvalue weighted by molar-refractivity contribution is 5.73. The number of carboxylic acids is 1. The van der Waals surface area contributed by atoms with E-state index in [1.54, 1.807) is 12.1 Å². The molecule has 1 unspecified atom stereocenters. The molecule has 0 aliphatic carbocycles. The van der Waals surface area contributed by atoms with Gasteiger partial charge >= 0.3 is 5.97 Å². The average molecular weight is 269 g/mol. The number of benzene rings is 2. The van der Waals surface area contributed by atoms with Crippen molar-refractivity contribution in [2.45, 2.75) is 12.5 Å². The first-order valence-corrected chi connectivity index (χ1v) is 6.19. The molecule has 0 bridgehead atoms. The fourth-order valence-electron chi connectivity index (χ4n) is 1.65. The molecule has 0 amide bonds. The first kappa shape index (κ1) is 13.9. The zero-order valence-corrected chi connectivity index (χ0v) is 10.8. The van der Waals surface area contributed by atoms with Crippen LogP contribution in [0.2, 0.25) is 0 Å². The monoisotopic (exact) mass is 269 g/mol. The summed E-state index contributed by atoms with van der Waals surface area (Å²) < 4.78 is 0. The lowest BCUT2D eigenvalue weighted by Crippen LogP contribution is -2.32.